The van der Waals surface area contributed by atoms with Gasteiger partial charge in [-0.3, -0.25) is 0 Å². The molecule has 0 aliphatic rings. The molecule has 0 fully saturated rings. The molecule has 0 heterocycles. The largest absolute Gasteiger partial charge is 0.494 e. The van der Waals surface area contributed by atoms with Crippen molar-refractivity contribution < 1.29 is 14.3 Å². The van der Waals surface area contributed by atoms with Crippen LogP contribution in [0.25, 0.3) is 5.76 Å². The highest BCUT2D eigenvalue weighted by Gasteiger charge is 2.16. The lowest BCUT2D eigenvalue weighted by Crippen LogP contribution is -2.08. The molecule has 0 aromatic heterocycles. The zero-order valence-corrected chi connectivity index (χ0v) is 12.2. The van der Waals surface area contributed by atoms with Crippen molar-refractivity contribution in [3.63, 3.8) is 0 Å². The number of hydrogen-bond acceptors (Lipinski definition) is 3. The molecule has 0 radical (unpaired) electrons. The molecule has 0 aliphatic carbocycles. The molecule has 0 unspecified atom stereocenters. The van der Waals surface area contributed by atoms with Gasteiger partial charge in [-0.2, -0.15) is 0 Å². The molecule has 0 aliphatic heterocycles. The van der Waals surface area contributed by atoms with Gasteiger partial charge < -0.3 is 9.47 Å². The molecule has 1 rings (SSSR count). The van der Waals surface area contributed by atoms with Gasteiger partial charge in [0, 0.05) is 5.56 Å². The number of carbonyl (C=O) groups is 1. The molecule has 1 aromatic rings. The maximum Gasteiger partial charge on any atom is 0.338 e. The first-order valence-electron chi connectivity index (χ1n) is 6.52. The summed E-state index contributed by atoms with van der Waals surface area (Å²) in [4.78, 5) is 11.8. The lowest BCUT2D eigenvalue weighted by Gasteiger charge is -2.14. The zero-order valence-electron chi connectivity index (χ0n) is 12.2. The molecule has 0 spiro atoms. The van der Waals surface area contributed by atoms with Crippen molar-refractivity contribution >= 4 is 11.7 Å². The number of carbonyl (C=O) groups excluding carboxylic acids is 1. The minimum atomic E-state index is -0.363. The number of unbranched alkanes of at least 4 members (excludes halogenated alkanes) is 1. The van der Waals surface area contributed by atoms with Crippen LogP contribution in [0.15, 0.2) is 18.7 Å². The van der Waals surface area contributed by atoms with Gasteiger partial charge in [0.2, 0.25) is 0 Å². The van der Waals surface area contributed by atoms with Crippen LogP contribution in [0.3, 0.4) is 0 Å². The Kier molecular flexibility index (Phi) is 5.61. The van der Waals surface area contributed by atoms with Crippen LogP contribution in [0, 0.1) is 13.8 Å². The van der Waals surface area contributed by atoms with E-state index < -0.39 is 0 Å². The quantitative estimate of drug-likeness (QED) is 0.443. The van der Waals surface area contributed by atoms with Gasteiger partial charge in [0.05, 0.1) is 19.3 Å². The molecule has 0 saturated carbocycles. The maximum absolute atomic E-state index is 11.8. The summed E-state index contributed by atoms with van der Waals surface area (Å²) in [7, 11) is 1.38. The fraction of sp³-hybridized carbons (Fsp3) is 0.438. The summed E-state index contributed by atoms with van der Waals surface area (Å²) < 4.78 is 10.4. The van der Waals surface area contributed by atoms with Crippen molar-refractivity contribution in [3.05, 3.63) is 41.0 Å². The van der Waals surface area contributed by atoms with Crippen molar-refractivity contribution in [3.8, 4) is 0 Å². The third-order valence-corrected chi connectivity index (χ3v) is 3.11. The van der Waals surface area contributed by atoms with Crippen LogP contribution in [-0.4, -0.2) is 19.7 Å². The summed E-state index contributed by atoms with van der Waals surface area (Å²) >= 11 is 0. The van der Waals surface area contributed by atoms with E-state index in [9.17, 15) is 4.79 Å². The first-order valence-corrected chi connectivity index (χ1v) is 6.52. The highest BCUT2D eigenvalue weighted by molar-refractivity contribution is 5.95. The molecular formula is C16H22O3. The van der Waals surface area contributed by atoms with Gasteiger partial charge in [0.25, 0.3) is 0 Å². The first kappa shape index (κ1) is 15.3. The van der Waals surface area contributed by atoms with E-state index in [1.807, 2.05) is 26.0 Å². The van der Waals surface area contributed by atoms with Crippen LogP contribution < -0.4 is 0 Å². The van der Waals surface area contributed by atoms with E-state index in [2.05, 4.69) is 13.5 Å². The second-order valence-corrected chi connectivity index (χ2v) is 4.60. The maximum atomic E-state index is 11.8. The Balaban J connectivity index is 3.06. The van der Waals surface area contributed by atoms with E-state index in [0.29, 0.717) is 23.5 Å². The fourth-order valence-corrected chi connectivity index (χ4v) is 1.74. The monoisotopic (exact) mass is 262 g/mol. The van der Waals surface area contributed by atoms with Crippen LogP contribution in [0.2, 0.25) is 0 Å². The van der Waals surface area contributed by atoms with Gasteiger partial charge >= 0.3 is 5.97 Å². The second-order valence-electron chi connectivity index (χ2n) is 4.60. The summed E-state index contributed by atoms with van der Waals surface area (Å²) in [5, 5.41) is 0. The Hall–Kier alpha value is -1.77. The predicted octanol–water partition coefficient (Wildman–Crippen LogP) is 3.88. The Morgan fingerprint density at radius 1 is 1.21 bits per heavy atom. The van der Waals surface area contributed by atoms with Gasteiger partial charge in [-0.15, -0.1) is 0 Å². The van der Waals surface area contributed by atoms with E-state index in [-0.39, 0.29) is 5.97 Å². The number of rotatable bonds is 6. The molecule has 3 nitrogen and oxygen atoms in total. The molecular weight excluding hydrogens is 240 g/mol. The summed E-state index contributed by atoms with van der Waals surface area (Å²) in [5.74, 6) is 0.162. The highest BCUT2D eigenvalue weighted by Crippen LogP contribution is 2.24. The van der Waals surface area contributed by atoms with Crippen LogP contribution in [0.1, 0.15) is 46.8 Å². The van der Waals surface area contributed by atoms with E-state index in [0.717, 1.165) is 24.0 Å². The molecule has 0 saturated heterocycles. The smallest absolute Gasteiger partial charge is 0.338 e. The number of benzene rings is 1. The van der Waals surface area contributed by atoms with Gasteiger partial charge in [0.1, 0.15) is 5.76 Å². The summed E-state index contributed by atoms with van der Waals surface area (Å²) in [5.41, 5.74) is 3.37. The van der Waals surface area contributed by atoms with E-state index in [4.69, 9.17) is 9.47 Å². The molecule has 0 N–H and O–H groups in total. The minimum Gasteiger partial charge on any atom is -0.494 e. The molecule has 1 aromatic carbocycles. The van der Waals surface area contributed by atoms with Crippen molar-refractivity contribution in [1.29, 1.82) is 0 Å². The normalized spacial score (nSPS) is 10.1. The van der Waals surface area contributed by atoms with Gasteiger partial charge in [-0.1, -0.05) is 19.9 Å². The fourth-order valence-electron chi connectivity index (χ4n) is 1.74. The number of esters is 1. The molecule has 0 amide bonds. The summed E-state index contributed by atoms with van der Waals surface area (Å²) in [6, 6.07) is 3.75. The van der Waals surface area contributed by atoms with Gasteiger partial charge in [-0.05, 0) is 43.5 Å². The number of aryl methyl sites for hydroxylation is 2. The number of hydrogen-bond donors (Lipinski definition) is 0. The third kappa shape index (κ3) is 3.85. The third-order valence-electron chi connectivity index (χ3n) is 3.11. The van der Waals surface area contributed by atoms with Gasteiger partial charge in [0.15, 0.2) is 0 Å². The van der Waals surface area contributed by atoms with Crippen LogP contribution in [0.5, 0.6) is 0 Å². The van der Waals surface area contributed by atoms with Crippen molar-refractivity contribution in [2.45, 2.75) is 33.6 Å². The van der Waals surface area contributed by atoms with E-state index in [1.165, 1.54) is 7.11 Å². The average Bonchev–Trinajstić information content (AvgIpc) is 2.40. The predicted molar refractivity (Wildman–Crippen MR) is 77.1 cm³/mol. The number of ether oxygens (including phenoxy) is 2. The van der Waals surface area contributed by atoms with Crippen LogP contribution >= 0.6 is 0 Å². The van der Waals surface area contributed by atoms with Crippen LogP contribution in [-0.2, 0) is 9.47 Å². The van der Waals surface area contributed by atoms with Crippen molar-refractivity contribution in [1.82, 2.24) is 0 Å². The molecule has 19 heavy (non-hydrogen) atoms. The highest BCUT2D eigenvalue weighted by atomic mass is 16.5. The van der Waals surface area contributed by atoms with Crippen LogP contribution in [0.4, 0.5) is 0 Å². The topological polar surface area (TPSA) is 35.5 Å². The molecule has 3 heteroatoms. The zero-order chi connectivity index (χ0) is 14.4. The standard InChI is InChI=1S/C16H22O3/c1-6-7-8-19-13(4)14-9-11(2)12(3)10-15(14)16(17)18-5/h9-10H,4,6-8H2,1-3,5H3. The Labute approximate surface area is 115 Å². The molecule has 104 valence electrons. The van der Waals surface area contributed by atoms with Crippen molar-refractivity contribution in [2.75, 3.05) is 13.7 Å². The Morgan fingerprint density at radius 2 is 1.79 bits per heavy atom. The average molecular weight is 262 g/mol. The Bertz CT molecular complexity index is 475. The minimum absolute atomic E-state index is 0.363. The lowest BCUT2D eigenvalue weighted by atomic mass is 9.99. The van der Waals surface area contributed by atoms with E-state index >= 15 is 0 Å². The SMILES string of the molecule is C=C(OCCCC)c1cc(C)c(C)cc1C(=O)OC. The summed E-state index contributed by atoms with van der Waals surface area (Å²) in [6.45, 7) is 10.6. The first-order chi connectivity index (χ1) is 9.01. The molecule has 0 atom stereocenters. The summed E-state index contributed by atoms with van der Waals surface area (Å²) in [6.07, 6.45) is 2.03. The van der Waals surface area contributed by atoms with Crippen molar-refractivity contribution in [2.24, 2.45) is 0 Å². The number of methoxy groups -OCH3 is 1. The lowest BCUT2D eigenvalue weighted by molar-refractivity contribution is 0.0599. The Morgan fingerprint density at radius 3 is 2.32 bits per heavy atom. The van der Waals surface area contributed by atoms with E-state index in [1.54, 1.807) is 0 Å². The van der Waals surface area contributed by atoms with Gasteiger partial charge in [-0.25, -0.2) is 4.79 Å². The second kappa shape index (κ2) is 6.98. The molecule has 0 bridgehead atoms.